The van der Waals surface area contributed by atoms with Gasteiger partial charge >= 0.3 is 0 Å². The van der Waals surface area contributed by atoms with Crippen LogP contribution in [0.3, 0.4) is 0 Å². The summed E-state index contributed by atoms with van der Waals surface area (Å²) >= 11 is 9.53. The number of hydrogen-bond donors (Lipinski definition) is 2. The number of halogens is 2. The molecule has 3 nitrogen and oxygen atoms in total. The largest absolute Gasteiger partial charge is 0.412 e. The zero-order chi connectivity index (χ0) is 8.83. The van der Waals surface area contributed by atoms with E-state index in [1.807, 2.05) is 0 Å². The van der Waals surface area contributed by atoms with Gasteiger partial charge in [-0.15, -0.1) is 23.2 Å². The van der Waals surface area contributed by atoms with Gasteiger partial charge < -0.3 is 15.7 Å². The van der Waals surface area contributed by atoms with Crippen molar-refractivity contribution in [2.75, 3.05) is 19.1 Å². The Bertz CT molecular complexity index is 29.8. The molecule has 0 aliphatic carbocycles. The van der Waals surface area contributed by atoms with E-state index in [0.29, 0.717) is 6.61 Å². The molecule has 0 aromatic rings. The van der Waals surface area contributed by atoms with Crippen LogP contribution in [0.25, 0.3) is 0 Å². The molecule has 0 amide bonds. The molecule has 4 N–H and O–H groups in total. The van der Waals surface area contributed by atoms with Gasteiger partial charge in [-0.05, 0) is 6.42 Å². The summed E-state index contributed by atoms with van der Waals surface area (Å²) in [6, 6.07) is 0. The van der Waals surface area contributed by atoms with Crippen molar-refractivity contribution >= 4 is 23.2 Å². The summed E-state index contributed by atoms with van der Waals surface area (Å²) in [5.74, 6) is 0. The van der Waals surface area contributed by atoms with Crippen molar-refractivity contribution in [2.24, 2.45) is 0 Å². The molecule has 0 saturated carbocycles. The van der Waals surface area contributed by atoms with E-state index in [4.69, 9.17) is 33.4 Å². The van der Waals surface area contributed by atoms with Crippen LogP contribution in [0, 0.1) is 0 Å². The van der Waals surface area contributed by atoms with Crippen LogP contribution in [0.2, 0.25) is 0 Å². The summed E-state index contributed by atoms with van der Waals surface area (Å²) in [5, 5.41) is 15.3. The molecular weight excluding hydrogens is 191 g/mol. The maximum absolute atomic E-state index is 8.07. The molecule has 74 valence electrons. The molecule has 0 saturated heterocycles. The maximum atomic E-state index is 8.07. The standard InChI is InChI=1S/C4H10O.CH2Cl2.CH4O.H2O/c1-2-3-4-5;2-1-3;1-2;/h5H,2-4H2,1H3;1H2;2H,1H3;1H2. The zero-order valence-corrected chi connectivity index (χ0v) is 8.49. The van der Waals surface area contributed by atoms with Crippen LogP contribution in [0.1, 0.15) is 19.8 Å². The summed E-state index contributed by atoms with van der Waals surface area (Å²) in [5.41, 5.74) is 0. The van der Waals surface area contributed by atoms with Crippen molar-refractivity contribution in [1.29, 1.82) is 0 Å². The van der Waals surface area contributed by atoms with Crippen LogP contribution in [0.5, 0.6) is 0 Å². The van der Waals surface area contributed by atoms with Crippen molar-refractivity contribution in [3.8, 4) is 0 Å². The van der Waals surface area contributed by atoms with E-state index in [1.54, 1.807) is 0 Å². The van der Waals surface area contributed by atoms with Gasteiger partial charge in [0.2, 0.25) is 0 Å². The van der Waals surface area contributed by atoms with E-state index in [9.17, 15) is 0 Å². The molecule has 0 spiro atoms. The molecule has 5 heteroatoms. The van der Waals surface area contributed by atoms with E-state index in [-0.39, 0.29) is 10.8 Å². The second-order valence-electron chi connectivity index (χ2n) is 1.18. The van der Waals surface area contributed by atoms with E-state index in [2.05, 4.69) is 6.92 Å². The van der Waals surface area contributed by atoms with E-state index in [1.165, 1.54) is 0 Å². The first-order valence-electron chi connectivity index (χ1n) is 3.01. The van der Waals surface area contributed by atoms with Crippen molar-refractivity contribution in [3.05, 3.63) is 0 Å². The van der Waals surface area contributed by atoms with Gasteiger partial charge in [-0.1, -0.05) is 13.3 Å². The first kappa shape index (κ1) is 22.5. The molecular formula is C6H18Cl2O3. The van der Waals surface area contributed by atoms with Crippen LogP contribution in [-0.4, -0.2) is 34.7 Å². The van der Waals surface area contributed by atoms with Gasteiger partial charge in [0.25, 0.3) is 0 Å². The van der Waals surface area contributed by atoms with Gasteiger partial charge in [0, 0.05) is 13.7 Å². The fraction of sp³-hybridized carbons (Fsp3) is 1.00. The molecule has 0 aliphatic heterocycles. The summed E-state index contributed by atoms with van der Waals surface area (Å²) in [7, 11) is 1.00. The Morgan fingerprint density at radius 3 is 1.45 bits per heavy atom. The van der Waals surface area contributed by atoms with Gasteiger partial charge in [-0.25, -0.2) is 0 Å². The third-order valence-electron chi connectivity index (χ3n) is 0.512. The van der Waals surface area contributed by atoms with Gasteiger partial charge in [-0.2, -0.15) is 0 Å². The third-order valence-corrected chi connectivity index (χ3v) is 0.512. The van der Waals surface area contributed by atoms with Crippen LogP contribution in [0.15, 0.2) is 0 Å². The fourth-order valence-corrected chi connectivity index (χ4v) is 0.158. The highest BCUT2D eigenvalue weighted by molar-refractivity contribution is 6.40. The quantitative estimate of drug-likeness (QED) is 0.665. The Morgan fingerprint density at radius 1 is 1.18 bits per heavy atom. The SMILES string of the molecule is CCCCO.CO.ClCCl.O. The van der Waals surface area contributed by atoms with Crippen molar-refractivity contribution in [2.45, 2.75) is 19.8 Å². The smallest absolute Gasteiger partial charge is 0.0967 e. The highest BCUT2D eigenvalue weighted by Gasteiger charge is 1.69. The Hall–Kier alpha value is 0.460. The second-order valence-corrected chi connectivity index (χ2v) is 1.99. The summed E-state index contributed by atoms with van der Waals surface area (Å²) in [6.07, 6.45) is 2.04. The molecule has 11 heavy (non-hydrogen) atoms. The van der Waals surface area contributed by atoms with E-state index < -0.39 is 0 Å². The van der Waals surface area contributed by atoms with Crippen LogP contribution in [0.4, 0.5) is 0 Å². The Kier molecular flexibility index (Phi) is 96.4. The van der Waals surface area contributed by atoms with Gasteiger partial charge in [0.15, 0.2) is 0 Å². The number of rotatable bonds is 2. The third kappa shape index (κ3) is 124. The summed E-state index contributed by atoms with van der Waals surface area (Å²) < 4.78 is 0. The lowest BCUT2D eigenvalue weighted by Gasteiger charge is -1.79. The molecule has 0 unspecified atom stereocenters. The zero-order valence-electron chi connectivity index (χ0n) is 6.98. The average molecular weight is 209 g/mol. The van der Waals surface area contributed by atoms with Crippen molar-refractivity contribution < 1.29 is 15.7 Å². The summed E-state index contributed by atoms with van der Waals surface area (Å²) in [6.45, 7) is 2.40. The minimum absolute atomic E-state index is 0. The second kappa shape index (κ2) is 47.1. The monoisotopic (exact) mass is 208 g/mol. The molecule has 0 radical (unpaired) electrons. The molecule has 0 rings (SSSR count). The molecule has 0 fully saturated rings. The first-order chi connectivity index (χ1) is 4.83. The number of aliphatic hydroxyl groups excluding tert-OH is 2. The molecule has 0 bridgehead atoms. The highest BCUT2D eigenvalue weighted by atomic mass is 35.5. The van der Waals surface area contributed by atoms with Gasteiger partial charge in [0.1, 0.15) is 0 Å². The minimum atomic E-state index is 0. The van der Waals surface area contributed by atoms with Gasteiger partial charge in [-0.3, -0.25) is 0 Å². The number of hydrogen-bond acceptors (Lipinski definition) is 2. The van der Waals surface area contributed by atoms with Crippen LogP contribution in [-0.2, 0) is 0 Å². The lowest BCUT2D eigenvalue weighted by atomic mass is 10.4. The molecule has 0 aromatic carbocycles. The lowest BCUT2D eigenvalue weighted by molar-refractivity contribution is 0.287. The first-order valence-corrected chi connectivity index (χ1v) is 4.07. The highest BCUT2D eigenvalue weighted by Crippen LogP contribution is 1.78. The Balaban J connectivity index is -0.0000000360. The summed E-state index contributed by atoms with van der Waals surface area (Å²) in [4.78, 5) is 0. The number of unbranched alkanes of at least 4 members (excludes halogenated alkanes) is 1. The van der Waals surface area contributed by atoms with Crippen molar-refractivity contribution in [3.63, 3.8) is 0 Å². The predicted octanol–water partition coefficient (Wildman–Crippen LogP) is 0.984. The number of aliphatic hydroxyl groups is 2. The Labute approximate surface area is 78.3 Å². The topological polar surface area (TPSA) is 72.0 Å². The normalized spacial score (nSPS) is 6.00. The fourth-order valence-electron chi connectivity index (χ4n) is 0.158. The van der Waals surface area contributed by atoms with Crippen LogP contribution >= 0.6 is 23.2 Å². The molecule has 0 heterocycles. The molecule has 0 aliphatic rings. The maximum Gasteiger partial charge on any atom is 0.0967 e. The van der Waals surface area contributed by atoms with Gasteiger partial charge in [0.05, 0.1) is 5.34 Å². The Morgan fingerprint density at radius 2 is 1.45 bits per heavy atom. The van der Waals surface area contributed by atoms with Crippen LogP contribution < -0.4 is 0 Å². The molecule has 0 aromatic heterocycles. The molecule has 0 atom stereocenters. The number of alkyl halides is 2. The minimum Gasteiger partial charge on any atom is -0.412 e. The lowest BCUT2D eigenvalue weighted by Crippen LogP contribution is -1.75. The predicted molar refractivity (Wildman–Crippen MR) is 50.3 cm³/mol. The van der Waals surface area contributed by atoms with E-state index in [0.717, 1.165) is 20.0 Å². The van der Waals surface area contributed by atoms with Crippen molar-refractivity contribution in [1.82, 2.24) is 0 Å². The average Bonchev–Trinajstić information content (AvgIpc) is 1.96. The van der Waals surface area contributed by atoms with E-state index >= 15 is 0 Å².